The first-order valence-electron chi connectivity index (χ1n) is 4.45. The van der Waals surface area contributed by atoms with Gasteiger partial charge in [0.2, 0.25) is 0 Å². The summed E-state index contributed by atoms with van der Waals surface area (Å²) in [5.41, 5.74) is -0.103. The van der Waals surface area contributed by atoms with Gasteiger partial charge in [0.15, 0.2) is 0 Å². The van der Waals surface area contributed by atoms with Crippen molar-refractivity contribution in [1.82, 2.24) is 10.1 Å². The second kappa shape index (κ2) is 4.62. The molecule has 0 aromatic heterocycles. The normalized spacial score (nSPS) is 21.2. The Morgan fingerprint density at radius 2 is 2.43 bits per heavy atom. The maximum Gasteiger partial charge on any atom is 0.143 e. The van der Waals surface area contributed by atoms with Crippen molar-refractivity contribution >= 4 is 11.8 Å². The Morgan fingerprint density at radius 1 is 1.71 bits per heavy atom. The first-order valence-corrected chi connectivity index (χ1v) is 5.60. The van der Waals surface area contributed by atoms with Gasteiger partial charge < -0.3 is 0 Å². The van der Waals surface area contributed by atoms with E-state index in [1.807, 2.05) is 22.8 Å². The quantitative estimate of drug-likeness (QED) is 0.402. The second-order valence-corrected chi connectivity index (χ2v) is 4.86. The molecule has 1 fully saturated rings. The number of rotatable bonds is 3. The third-order valence-corrected chi connectivity index (χ3v) is 3.57. The minimum atomic E-state index is -0.103. The summed E-state index contributed by atoms with van der Waals surface area (Å²) in [5, 5.41) is 14.5. The van der Waals surface area contributed by atoms with Crippen LogP contribution >= 0.6 is 11.8 Å². The van der Waals surface area contributed by atoms with E-state index < -0.39 is 0 Å². The molecule has 0 N–H and O–H groups in total. The van der Waals surface area contributed by atoms with Crippen molar-refractivity contribution in [3.63, 3.8) is 0 Å². The van der Waals surface area contributed by atoms with Crippen LogP contribution in [0.5, 0.6) is 0 Å². The van der Waals surface area contributed by atoms with Crippen LogP contribution < -0.4 is 0 Å². The molecule has 0 spiro atoms. The van der Waals surface area contributed by atoms with Crippen LogP contribution in [0.1, 0.15) is 13.8 Å². The Bertz CT molecular complexity index is 250. The van der Waals surface area contributed by atoms with Gasteiger partial charge in [-0.3, -0.25) is 0 Å². The molecule has 5 nitrogen and oxygen atoms in total. The van der Waals surface area contributed by atoms with Gasteiger partial charge in [0, 0.05) is 23.6 Å². The van der Waals surface area contributed by atoms with E-state index in [4.69, 9.17) is 5.26 Å². The molecule has 6 heteroatoms. The summed E-state index contributed by atoms with van der Waals surface area (Å²) in [7, 11) is 0. The number of nitriles is 1. The predicted octanol–water partition coefficient (Wildman–Crippen LogP) is 1.24. The Hall–Kier alpha value is -0.800. The van der Waals surface area contributed by atoms with E-state index >= 15 is 0 Å². The highest BCUT2D eigenvalue weighted by Gasteiger charge is 2.34. The van der Waals surface area contributed by atoms with Gasteiger partial charge in [0.25, 0.3) is 0 Å². The van der Waals surface area contributed by atoms with E-state index in [1.165, 1.54) is 5.12 Å². The van der Waals surface area contributed by atoms with Gasteiger partial charge in [-0.25, -0.2) is 0 Å². The lowest BCUT2D eigenvalue weighted by Crippen LogP contribution is -2.56. The molecule has 0 aliphatic carbocycles. The molecule has 0 bridgehead atoms. The van der Waals surface area contributed by atoms with Crippen molar-refractivity contribution in [3.05, 3.63) is 4.91 Å². The Labute approximate surface area is 88.0 Å². The molecule has 1 aliphatic heterocycles. The molecule has 78 valence electrons. The molecule has 0 radical (unpaired) electrons. The monoisotopic (exact) mass is 214 g/mol. The van der Waals surface area contributed by atoms with Crippen LogP contribution in [0.4, 0.5) is 0 Å². The molecule has 0 unspecified atom stereocenters. The lowest BCUT2D eigenvalue weighted by molar-refractivity contribution is -0.0787. The Morgan fingerprint density at radius 3 is 2.93 bits per heavy atom. The SMILES string of the molecule is CC1(C)CSCCN1N(CC#N)N=O. The van der Waals surface area contributed by atoms with Crippen LogP contribution in [0.15, 0.2) is 5.29 Å². The molecule has 1 rings (SSSR count). The number of nitrogens with zero attached hydrogens (tertiary/aromatic N) is 4. The van der Waals surface area contributed by atoms with Gasteiger partial charge >= 0.3 is 0 Å². The molecule has 14 heavy (non-hydrogen) atoms. The van der Waals surface area contributed by atoms with Crippen molar-refractivity contribution in [2.45, 2.75) is 19.4 Å². The molecule has 0 atom stereocenters. The molecule has 1 saturated heterocycles. The summed E-state index contributed by atoms with van der Waals surface area (Å²) in [4.78, 5) is 10.6. The van der Waals surface area contributed by atoms with E-state index in [1.54, 1.807) is 0 Å². The molecular formula is C8H14N4OS. The number of hydrazine groups is 1. The average molecular weight is 214 g/mol. The molecule has 0 amide bonds. The zero-order valence-corrected chi connectivity index (χ0v) is 9.25. The summed E-state index contributed by atoms with van der Waals surface area (Å²) in [6.45, 7) is 4.89. The fourth-order valence-corrected chi connectivity index (χ4v) is 2.59. The van der Waals surface area contributed by atoms with Gasteiger partial charge in [0.05, 0.1) is 11.4 Å². The van der Waals surface area contributed by atoms with Gasteiger partial charge in [-0.05, 0) is 13.8 Å². The summed E-state index contributed by atoms with van der Waals surface area (Å²) < 4.78 is 0. The average Bonchev–Trinajstić information content (AvgIpc) is 2.14. The summed E-state index contributed by atoms with van der Waals surface area (Å²) in [6, 6.07) is 1.94. The molecule has 0 aromatic rings. The number of hydrogen-bond acceptors (Lipinski definition) is 5. The standard InChI is InChI=1S/C8H14N4OS/c1-8(2)7-14-6-5-11(8)12(10-13)4-3-9/h4-7H2,1-2H3. The van der Waals surface area contributed by atoms with Crippen molar-refractivity contribution < 1.29 is 0 Å². The first-order chi connectivity index (χ1) is 6.61. The van der Waals surface area contributed by atoms with Crippen LogP contribution in [0, 0.1) is 16.2 Å². The van der Waals surface area contributed by atoms with Crippen molar-refractivity contribution in [2.75, 3.05) is 24.6 Å². The van der Waals surface area contributed by atoms with Crippen LogP contribution in [0.3, 0.4) is 0 Å². The third-order valence-electron chi connectivity index (χ3n) is 2.19. The largest absolute Gasteiger partial charge is 0.196 e. The van der Waals surface area contributed by atoms with Crippen LogP contribution in [0.2, 0.25) is 0 Å². The first kappa shape index (κ1) is 11.3. The highest BCUT2D eigenvalue weighted by atomic mass is 32.2. The number of thioether (sulfide) groups is 1. The van der Waals surface area contributed by atoms with E-state index in [2.05, 4.69) is 19.1 Å². The highest BCUT2D eigenvalue weighted by Crippen LogP contribution is 2.27. The van der Waals surface area contributed by atoms with Gasteiger partial charge in [-0.2, -0.15) is 27.2 Å². The zero-order valence-electron chi connectivity index (χ0n) is 8.43. The Kier molecular flexibility index (Phi) is 3.72. The lowest BCUT2D eigenvalue weighted by Gasteiger charge is -2.44. The van der Waals surface area contributed by atoms with Gasteiger partial charge in [-0.1, -0.05) is 0 Å². The predicted molar refractivity (Wildman–Crippen MR) is 56.2 cm³/mol. The molecule has 0 saturated carbocycles. The second-order valence-electron chi connectivity index (χ2n) is 3.76. The van der Waals surface area contributed by atoms with E-state index in [0.717, 1.165) is 18.1 Å². The Balaban J connectivity index is 2.72. The zero-order chi connectivity index (χ0) is 10.6. The lowest BCUT2D eigenvalue weighted by atomic mass is 10.1. The van der Waals surface area contributed by atoms with Crippen molar-refractivity contribution in [3.8, 4) is 6.07 Å². The topological polar surface area (TPSA) is 59.7 Å². The van der Waals surface area contributed by atoms with Crippen LogP contribution in [-0.2, 0) is 0 Å². The van der Waals surface area contributed by atoms with E-state index in [0.29, 0.717) is 0 Å². The van der Waals surface area contributed by atoms with Crippen molar-refractivity contribution in [2.24, 2.45) is 5.29 Å². The molecular weight excluding hydrogens is 200 g/mol. The van der Waals surface area contributed by atoms with E-state index in [9.17, 15) is 4.91 Å². The highest BCUT2D eigenvalue weighted by molar-refractivity contribution is 7.99. The molecule has 0 aromatic carbocycles. The number of nitroso groups, excluding NO2 is 1. The fourth-order valence-electron chi connectivity index (χ4n) is 1.50. The summed E-state index contributed by atoms with van der Waals surface area (Å²) in [6.07, 6.45) is 0. The fraction of sp³-hybridized carbons (Fsp3) is 0.875. The smallest absolute Gasteiger partial charge is 0.143 e. The summed E-state index contributed by atoms with van der Waals surface area (Å²) in [5.74, 6) is 1.92. The molecule has 1 heterocycles. The third kappa shape index (κ3) is 2.36. The minimum Gasteiger partial charge on any atom is -0.196 e. The maximum atomic E-state index is 10.6. The summed E-state index contributed by atoms with van der Waals surface area (Å²) >= 11 is 1.86. The maximum absolute atomic E-state index is 10.6. The van der Waals surface area contributed by atoms with Gasteiger partial charge in [0.1, 0.15) is 6.54 Å². The minimum absolute atomic E-state index is 0.0254. The molecule has 1 aliphatic rings. The number of hydrogen-bond donors (Lipinski definition) is 0. The van der Waals surface area contributed by atoms with Gasteiger partial charge in [-0.15, -0.1) is 4.91 Å². The van der Waals surface area contributed by atoms with Crippen LogP contribution in [-0.4, -0.2) is 40.3 Å². The van der Waals surface area contributed by atoms with E-state index in [-0.39, 0.29) is 12.1 Å². The van der Waals surface area contributed by atoms with Crippen molar-refractivity contribution in [1.29, 1.82) is 5.26 Å². The van der Waals surface area contributed by atoms with Crippen LogP contribution in [0.25, 0.3) is 0 Å².